The second-order valence-electron chi connectivity index (χ2n) is 8.67. The smallest absolute Gasteiger partial charge is 0.407 e. The molecule has 180 valence electrons. The van der Waals surface area contributed by atoms with Gasteiger partial charge in [-0.1, -0.05) is 55.5 Å². The van der Waals surface area contributed by atoms with Crippen molar-refractivity contribution >= 4 is 23.7 Å². The molecule has 35 heavy (non-hydrogen) atoms. The topological polar surface area (TPSA) is 118 Å². The third-order valence-electron chi connectivity index (χ3n) is 5.91. The molecular formula is C27H27N3O5. The van der Waals surface area contributed by atoms with Gasteiger partial charge in [0.2, 0.25) is 5.91 Å². The number of carboxylic acid groups (broad SMARTS) is 1. The number of fused-ring (bicyclic) bond motifs is 3. The van der Waals surface area contributed by atoms with Crippen LogP contribution in [0.2, 0.25) is 0 Å². The molecule has 3 N–H and O–H groups in total. The van der Waals surface area contributed by atoms with Gasteiger partial charge >= 0.3 is 12.1 Å². The van der Waals surface area contributed by atoms with Crippen LogP contribution in [0, 0.1) is 5.92 Å². The zero-order valence-corrected chi connectivity index (χ0v) is 19.4. The number of carbonyl (C=O) groups excluding carboxylic acids is 2. The molecule has 0 radical (unpaired) electrons. The molecule has 4 rings (SSSR count). The third kappa shape index (κ3) is 6.03. The molecule has 0 saturated heterocycles. The number of pyridine rings is 1. The summed E-state index contributed by atoms with van der Waals surface area (Å²) in [5, 5.41) is 14.3. The van der Waals surface area contributed by atoms with Crippen molar-refractivity contribution < 1.29 is 24.2 Å². The van der Waals surface area contributed by atoms with Crippen LogP contribution in [0.5, 0.6) is 0 Å². The number of hydrogen-bond donors (Lipinski definition) is 3. The van der Waals surface area contributed by atoms with E-state index in [1.165, 1.54) is 17.3 Å². The zero-order valence-electron chi connectivity index (χ0n) is 19.4. The van der Waals surface area contributed by atoms with Crippen LogP contribution in [0.4, 0.5) is 10.5 Å². The van der Waals surface area contributed by atoms with Crippen LogP contribution in [0.3, 0.4) is 0 Å². The Balaban J connectivity index is 1.22. The van der Waals surface area contributed by atoms with Crippen molar-refractivity contribution in [2.45, 2.75) is 25.7 Å². The van der Waals surface area contributed by atoms with Crippen molar-refractivity contribution in [1.29, 1.82) is 0 Å². The fourth-order valence-corrected chi connectivity index (χ4v) is 4.27. The van der Waals surface area contributed by atoms with Crippen LogP contribution < -0.4 is 10.6 Å². The average molecular weight is 474 g/mol. The Kier molecular flexibility index (Phi) is 7.40. The predicted octanol–water partition coefficient (Wildman–Crippen LogP) is 4.21. The summed E-state index contributed by atoms with van der Waals surface area (Å²) in [5.41, 5.74) is 5.54. The van der Waals surface area contributed by atoms with Crippen LogP contribution in [0.1, 0.15) is 36.1 Å². The first-order valence-electron chi connectivity index (χ1n) is 11.5. The van der Waals surface area contributed by atoms with Crippen molar-refractivity contribution in [3.63, 3.8) is 0 Å². The molecule has 1 aromatic heterocycles. The monoisotopic (exact) mass is 473 g/mol. The average Bonchev–Trinajstić information content (AvgIpc) is 3.16. The maximum absolute atomic E-state index is 12.3. The fourth-order valence-electron chi connectivity index (χ4n) is 4.27. The lowest BCUT2D eigenvalue weighted by molar-refractivity contribution is -0.136. The molecule has 0 bridgehead atoms. The molecule has 1 heterocycles. The highest BCUT2D eigenvalue weighted by Crippen LogP contribution is 2.44. The number of rotatable bonds is 9. The lowest BCUT2D eigenvalue weighted by atomic mass is 9.98. The number of aliphatic carboxylic acids is 1. The maximum Gasteiger partial charge on any atom is 0.407 e. The van der Waals surface area contributed by atoms with Gasteiger partial charge in [-0.2, -0.15) is 0 Å². The minimum absolute atomic E-state index is 0.00755. The molecule has 0 saturated carbocycles. The number of hydrogen-bond acceptors (Lipinski definition) is 5. The molecule has 0 aliphatic heterocycles. The van der Waals surface area contributed by atoms with Crippen molar-refractivity contribution in [2.75, 3.05) is 18.5 Å². The van der Waals surface area contributed by atoms with E-state index >= 15 is 0 Å². The highest BCUT2D eigenvalue weighted by atomic mass is 16.5. The van der Waals surface area contributed by atoms with Crippen molar-refractivity contribution in [2.24, 2.45) is 5.92 Å². The summed E-state index contributed by atoms with van der Waals surface area (Å²) in [5.74, 6) is -1.31. The standard InChI is InChI=1S/C27H27N3O5/c1-17(12-25(31)30-19-11-10-18(28-15-19)13-26(32)33)14-29-27(34)35-16-24-22-8-4-2-6-20(22)21-7-3-5-9-23(21)24/h2-11,15,17,24H,12-14,16H2,1H3,(H,29,34)(H,30,31)(H,32,33). The number of aromatic nitrogens is 1. The van der Waals surface area contributed by atoms with Crippen LogP contribution in [-0.4, -0.2) is 41.2 Å². The molecule has 1 aliphatic carbocycles. The van der Waals surface area contributed by atoms with Gasteiger partial charge in [0.05, 0.1) is 24.0 Å². The Morgan fingerprint density at radius 3 is 2.26 bits per heavy atom. The maximum atomic E-state index is 12.3. The number of alkyl carbamates (subject to hydrolysis) is 1. The van der Waals surface area contributed by atoms with Crippen LogP contribution in [0.25, 0.3) is 11.1 Å². The number of nitrogens with one attached hydrogen (secondary N) is 2. The van der Waals surface area contributed by atoms with E-state index in [0.717, 1.165) is 11.1 Å². The van der Waals surface area contributed by atoms with E-state index < -0.39 is 12.1 Å². The van der Waals surface area contributed by atoms with Crippen LogP contribution in [-0.2, 0) is 20.7 Å². The third-order valence-corrected chi connectivity index (χ3v) is 5.91. The van der Waals surface area contributed by atoms with E-state index in [1.54, 1.807) is 12.1 Å². The van der Waals surface area contributed by atoms with Crippen molar-refractivity contribution in [3.05, 3.63) is 83.7 Å². The molecule has 8 nitrogen and oxygen atoms in total. The first kappa shape index (κ1) is 23.9. The first-order chi connectivity index (χ1) is 16.9. The summed E-state index contributed by atoms with van der Waals surface area (Å²) in [4.78, 5) is 39.4. The van der Waals surface area contributed by atoms with Gasteiger partial charge in [-0.15, -0.1) is 0 Å². The molecule has 1 aliphatic rings. The molecule has 2 amide bonds. The largest absolute Gasteiger partial charge is 0.481 e. The highest BCUT2D eigenvalue weighted by molar-refractivity contribution is 5.90. The van der Waals surface area contributed by atoms with Gasteiger partial charge in [0.1, 0.15) is 6.61 Å². The Labute approximate surface area is 203 Å². The highest BCUT2D eigenvalue weighted by Gasteiger charge is 2.29. The number of carboxylic acids is 1. The molecule has 0 fully saturated rings. The number of amides is 2. The molecule has 1 atom stereocenters. The summed E-state index contributed by atoms with van der Waals surface area (Å²) in [6, 6.07) is 19.5. The Morgan fingerprint density at radius 1 is 1.00 bits per heavy atom. The number of benzene rings is 2. The van der Waals surface area contributed by atoms with Crippen LogP contribution >= 0.6 is 0 Å². The van der Waals surface area contributed by atoms with E-state index in [1.807, 2.05) is 31.2 Å². The van der Waals surface area contributed by atoms with Gasteiger partial charge in [0, 0.05) is 18.9 Å². The number of anilines is 1. The quantitative estimate of drug-likeness (QED) is 0.429. The number of ether oxygens (including phenoxy) is 1. The summed E-state index contributed by atoms with van der Waals surface area (Å²) < 4.78 is 5.53. The number of nitrogens with zero attached hydrogens (tertiary/aromatic N) is 1. The second-order valence-corrected chi connectivity index (χ2v) is 8.67. The van der Waals surface area contributed by atoms with E-state index in [0.29, 0.717) is 17.9 Å². The van der Waals surface area contributed by atoms with Crippen molar-refractivity contribution in [3.8, 4) is 11.1 Å². The Morgan fingerprint density at radius 2 is 1.66 bits per heavy atom. The van der Waals surface area contributed by atoms with Crippen molar-refractivity contribution in [1.82, 2.24) is 10.3 Å². The van der Waals surface area contributed by atoms with E-state index in [2.05, 4.69) is 39.9 Å². The lowest BCUT2D eigenvalue weighted by Crippen LogP contribution is -2.31. The summed E-state index contributed by atoms with van der Waals surface area (Å²) >= 11 is 0. The summed E-state index contributed by atoms with van der Waals surface area (Å²) in [6.45, 7) is 2.39. The minimum atomic E-state index is -0.966. The van der Waals surface area contributed by atoms with Gasteiger partial charge in [-0.25, -0.2) is 4.79 Å². The molecule has 2 aromatic carbocycles. The molecule has 1 unspecified atom stereocenters. The number of carbonyl (C=O) groups is 3. The molecule has 3 aromatic rings. The molecule has 0 spiro atoms. The lowest BCUT2D eigenvalue weighted by Gasteiger charge is -2.16. The van der Waals surface area contributed by atoms with E-state index in [4.69, 9.17) is 9.84 Å². The van der Waals surface area contributed by atoms with E-state index in [-0.39, 0.29) is 37.2 Å². The summed E-state index contributed by atoms with van der Waals surface area (Å²) in [6.07, 6.45) is 0.931. The normalized spacial score (nSPS) is 12.8. The van der Waals surface area contributed by atoms with Gasteiger partial charge < -0.3 is 20.5 Å². The zero-order chi connectivity index (χ0) is 24.8. The summed E-state index contributed by atoms with van der Waals surface area (Å²) in [7, 11) is 0. The second kappa shape index (κ2) is 10.8. The van der Waals surface area contributed by atoms with Gasteiger partial charge in [-0.3, -0.25) is 14.6 Å². The Hall–Kier alpha value is -4.20. The predicted molar refractivity (Wildman–Crippen MR) is 131 cm³/mol. The van der Waals surface area contributed by atoms with Crippen LogP contribution in [0.15, 0.2) is 66.9 Å². The minimum Gasteiger partial charge on any atom is -0.481 e. The first-order valence-corrected chi connectivity index (χ1v) is 11.5. The fraction of sp³-hybridized carbons (Fsp3) is 0.259. The van der Waals surface area contributed by atoms with E-state index in [9.17, 15) is 14.4 Å². The SMILES string of the molecule is CC(CNC(=O)OCC1c2ccccc2-c2ccccc21)CC(=O)Nc1ccc(CC(=O)O)nc1. The molecular weight excluding hydrogens is 446 g/mol. The van der Waals surface area contributed by atoms with Gasteiger partial charge in [0.25, 0.3) is 0 Å². The molecule has 8 heteroatoms. The Bertz CT molecular complexity index is 1180. The van der Waals surface area contributed by atoms with Gasteiger partial charge in [-0.05, 0) is 40.3 Å². The van der Waals surface area contributed by atoms with Gasteiger partial charge in [0.15, 0.2) is 0 Å².